The molecule has 1 aromatic rings. The van der Waals surface area contributed by atoms with Crippen LogP contribution in [0.5, 0.6) is 0 Å². The van der Waals surface area contributed by atoms with E-state index in [9.17, 15) is 14.7 Å². The number of ether oxygens (including phenoxy) is 2. The van der Waals surface area contributed by atoms with E-state index in [4.69, 9.17) is 9.47 Å². The molecule has 1 saturated heterocycles. The van der Waals surface area contributed by atoms with Crippen LogP contribution in [0.25, 0.3) is 0 Å². The summed E-state index contributed by atoms with van der Waals surface area (Å²) in [5, 5.41) is 12.4. The lowest BCUT2D eigenvalue weighted by atomic mass is 9.85. The molecule has 7 nitrogen and oxygen atoms in total. The van der Waals surface area contributed by atoms with Gasteiger partial charge in [-0.25, -0.2) is 9.78 Å². The van der Waals surface area contributed by atoms with E-state index in [1.54, 1.807) is 26.0 Å². The van der Waals surface area contributed by atoms with E-state index in [-0.39, 0.29) is 25.4 Å². The molecular weight excluding hydrogens is 276 g/mol. The molecule has 21 heavy (non-hydrogen) atoms. The first kappa shape index (κ1) is 15.2. The third-order valence-electron chi connectivity index (χ3n) is 3.56. The number of hydrogen-bond donors (Lipinski definition) is 2. The maximum absolute atomic E-state index is 11.9. The fraction of sp³-hybridized carbons (Fsp3) is 0.500. The lowest BCUT2D eigenvalue weighted by Crippen LogP contribution is -2.43. The standard InChI is InChI=1S/C14H18N2O5/c1-3-21-12(17)9-5-4-6-15-11(9)16-10-7-20-8-14(10,2)13(18)19/h4-6,10H,3,7-8H2,1-2H3,(H,15,16)(H,18,19). The van der Waals surface area contributed by atoms with Crippen molar-refractivity contribution < 1.29 is 24.2 Å². The third kappa shape index (κ3) is 2.97. The molecule has 0 aromatic carbocycles. The number of aliphatic carboxylic acids is 1. The molecule has 2 unspecified atom stereocenters. The minimum absolute atomic E-state index is 0.113. The molecule has 0 amide bonds. The van der Waals surface area contributed by atoms with Crippen LogP contribution in [-0.4, -0.2) is 47.9 Å². The van der Waals surface area contributed by atoms with Gasteiger partial charge in [0.25, 0.3) is 0 Å². The van der Waals surface area contributed by atoms with Gasteiger partial charge < -0.3 is 19.9 Å². The van der Waals surface area contributed by atoms with Gasteiger partial charge in [-0.05, 0) is 26.0 Å². The summed E-state index contributed by atoms with van der Waals surface area (Å²) >= 11 is 0. The number of carbonyl (C=O) groups excluding carboxylic acids is 1. The lowest BCUT2D eigenvalue weighted by Gasteiger charge is -2.26. The minimum Gasteiger partial charge on any atom is -0.481 e. The van der Waals surface area contributed by atoms with Gasteiger partial charge in [0.15, 0.2) is 0 Å². The fourth-order valence-corrected chi connectivity index (χ4v) is 2.14. The van der Waals surface area contributed by atoms with Gasteiger partial charge in [0.05, 0.1) is 25.9 Å². The monoisotopic (exact) mass is 294 g/mol. The van der Waals surface area contributed by atoms with Gasteiger partial charge in [0.2, 0.25) is 0 Å². The van der Waals surface area contributed by atoms with E-state index in [0.29, 0.717) is 5.82 Å². The Hall–Kier alpha value is -2.15. The molecular formula is C14H18N2O5. The molecule has 0 bridgehead atoms. The smallest absolute Gasteiger partial charge is 0.341 e. The van der Waals surface area contributed by atoms with Gasteiger partial charge in [0.1, 0.15) is 16.8 Å². The van der Waals surface area contributed by atoms with Crippen molar-refractivity contribution in [1.29, 1.82) is 0 Å². The summed E-state index contributed by atoms with van der Waals surface area (Å²) < 4.78 is 10.2. The molecule has 0 aliphatic carbocycles. The second-order valence-corrected chi connectivity index (χ2v) is 5.05. The highest BCUT2D eigenvalue weighted by molar-refractivity contribution is 5.94. The number of carbonyl (C=O) groups is 2. The van der Waals surface area contributed by atoms with Gasteiger partial charge >= 0.3 is 11.9 Å². The number of nitrogens with zero attached hydrogens (tertiary/aromatic N) is 1. The van der Waals surface area contributed by atoms with E-state index in [1.807, 2.05) is 0 Å². The summed E-state index contributed by atoms with van der Waals surface area (Å²) in [4.78, 5) is 27.4. The molecule has 2 N–H and O–H groups in total. The number of anilines is 1. The van der Waals surface area contributed by atoms with E-state index in [1.165, 1.54) is 6.20 Å². The van der Waals surface area contributed by atoms with E-state index < -0.39 is 23.4 Å². The number of nitrogens with one attached hydrogen (secondary N) is 1. The summed E-state index contributed by atoms with van der Waals surface area (Å²) in [7, 11) is 0. The van der Waals surface area contributed by atoms with Crippen LogP contribution in [0.4, 0.5) is 5.82 Å². The normalized spacial score (nSPS) is 24.6. The van der Waals surface area contributed by atoms with Crippen LogP contribution in [0.1, 0.15) is 24.2 Å². The first-order valence-electron chi connectivity index (χ1n) is 6.69. The van der Waals surface area contributed by atoms with Gasteiger partial charge in [0, 0.05) is 6.20 Å². The molecule has 2 atom stereocenters. The largest absolute Gasteiger partial charge is 0.481 e. The summed E-state index contributed by atoms with van der Waals surface area (Å²) in [6, 6.07) is 2.73. The van der Waals surface area contributed by atoms with Crippen molar-refractivity contribution in [2.75, 3.05) is 25.1 Å². The molecule has 0 saturated carbocycles. The Morgan fingerprint density at radius 3 is 3.05 bits per heavy atom. The van der Waals surface area contributed by atoms with Crippen molar-refractivity contribution in [2.24, 2.45) is 5.41 Å². The van der Waals surface area contributed by atoms with Crippen molar-refractivity contribution in [3.05, 3.63) is 23.9 Å². The molecule has 0 spiro atoms. The summed E-state index contributed by atoms with van der Waals surface area (Å²) in [5.74, 6) is -1.14. The minimum atomic E-state index is -1.07. The molecule has 1 aliphatic rings. The molecule has 2 rings (SSSR count). The predicted octanol–water partition coefficient (Wildman–Crippen LogP) is 1.16. The van der Waals surface area contributed by atoms with E-state index in [2.05, 4.69) is 10.3 Å². The highest BCUT2D eigenvalue weighted by Gasteiger charge is 2.47. The van der Waals surface area contributed by atoms with Gasteiger partial charge in [-0.15, -0.1) is 0 Å². The van der Waals surface area contributed by atoms with Crippen LogP contribution < -0.4 is 5.32 Å². The Morgan fingerprint density at radius 2 is 2.38 bits per heavy atom. The van der Waals surface area contributed by atoms with Gasteiger partial charge in [-0.1, -0.05) is 0 Å². The van der Waals surface area contributed by atoms with Crippen molar-refractivity contribution in [2.45, 2.75) is 19.9 Å². The number of pyridine rings is 1. The molecule has 0 radical (unpaired) electrons. The van der Waals surface area contributed by atoms with Crippen molar-refractivity contribution >= 4 is 17.8 Å². The van der Waals surface area contributed by atoms with E-state index >= 15 is 0 Å². The average molecular weight is 294 g/mol. The number of hydrogen-bond acceptors (Lipinski definition) is 6. The van der Waals surface area contributed by atoms with Crippen LogP contribution in [0, 0.1) is 5.41 Å². The fourth-order valence-electron chi connectivity index (χ4n) is 2.14. The molecule has 7 heteroatoms. The zero-order valence-corrected chi connectivity index (χ0v) is 12.0. The Bertz CT molecular complexity index is 548. The average Bonchev–Trinajstić information content (AvgIpc) is 2.82. The first-order valence-corrected chi connectivity index (χ1v) is 6.69. The maximum atomic E-state index is 11.9. The van der Waals surface area contributed by atoms with Crippen LogP contribution in [-0.2, 0) is 14.3 Å². The highest BCUT2D eigenvalue weighted by Crippen LogP contribution is 2.31. The second-order valence-electron chi connectivity index (χ2n) is 5.05. The highest BCUT2D eigenvalue weighted by atomic mass is 16.5. The SMILES string of the molecule is CCOC(=O)c1cccnc1NC1COCC1(C)C(=O)O. The maximum Gasteiger partial charge on any atom is 0.341 e. The third-order valence-corrected chi connectivity index (χ3v) is 3.56. The summed E-state index contributed by atoms with van der Waals surface area (Å²) in [5.41, 5.74) is -0.789. The zero-order chi connectivity index (χ0) is 15.5. The Labute approximate surface area is 122 Å². The van der Waals surface area contributed by atoms with Crippen LogP contribution in [0.2, 0.25) is 0 Å². The van der Waals surface area contributed by atoms with Crippen LogP contribution in [0.3, 0.4) is 0 Å². The lowest BCUT2D eigenvalue weighted by molar-refractivity contribution is -0.148. The summed E-state index contributed by atoms with van der Waals surface area (Å²) in [6.07, 6.45) is 1.53. The van der Waals surface area contributed by atoms with Gasteiger partial charge in [-0.2, -0.15) is 0 Å². The van der Waals surface area contributed by atoms with E-state index in [0.717, 1.165) is 0 Å². The molecule has 1 aliphatic heterocycles. The number of aromatic nitrogens is 1. The number of esters is 1. The first-order chi connectivity index (χ1) is 9.99. The number of rotatable bonds is 5. The zero-order valence-electron chi connectivity index (χ0n) is 12.0. The van der Waals surface area contributed by atoms with Crippen molar-refractivity contribution in [3.63, 3.8) is 0 Å². The van der Waals surface area contributed by atoms with Crippen molar-refractivity contribution in [3.8, 4) is 0 Å². The number of carboxylic acids is 1. The quantitative estimate of drug-likeness (QED) is 0.786. The second kappa shape index (κ2) is 6.09. The van der Waals surface area contributed by atoms with Crippen molar-refractivity contribution in [1.82, 2.24) is 4.98 Å². The Morgan fingerprint density at radius 1 is 1.62 bits per heavy atom. The molecule has 1 aromatic heterocycles. The van der Waals surface area contributed by atoms with Crippen LogP contribution in [0.15, 0.2) is 18.3 Å². The molecule has 2 heterocycles. The Kier molecular flexibility index (Phi) is 4.42. The Balaban J connectivity index is 2.24. The predicted molar refractivity (Wildman–Crippen MR) is 74.2 cm³/mol. The summed E-state index contributed by atoms with van der Waals surface area (Å²) in [6.45, 7) is 3.93. The number of carboxylic acid groups (broad SMARTS) is 1. The molecule has 114 valence electrons. The van der Waals surface area contributed by atoms with Crippen LogP contribution >= 0.6 is 0 Å². The molecule has 1 fully saturated rings. The topological polar surface area (TPSA) is 97.8 Å². The van der Waals surface area contributed by atoms with Gasteiger partial charge in [-0.3, -0.25) is 4.79 Å².